The van der Waals surface area contributed by atoms with Crippen molar-refractivity contribution < 1.29 is 28.2 Å². The molecule has 198 valence electrons. The van der Waals surface area contributed by atoms with Gasteiger partial charge in [-0.2, -0.15) is 8.78 Å². The third-order valence-electron chi connectivity index (χ3n) is 7.04. The highest BCUT2D eigenvalue weighted by Gasteiger charge is 2.32. The van der Waals surface area contributed by atoms with Crippen LogP contribution in [-0.2, 0) is 9.59 Å². The summed E-state index contributed by atoms with van der Waals surface area (Å²) in [6, 6.07) is 14.5. The number of carboxylic acid groups (broad SMARTS) is 1. The molecule has 0 saturated heterocycles. The zero-order valence-electron chi connectivity index (χ0n) is 21.3. The molecular formula is C30H30F2N2O4. The second-order valence-electron chi connectivity index (χ2n) is 9.57. The number of ether oxygens (including phenoxy) is 1. The number of amides is 1. The minimum absolute atomic E-state index is 0.0178. The molecule has 6 nitrogen and oxygen atoms in total. The Morgan fingerprint density at radius 2 is 1.79 bits per heavy atom. The van der Waals surface area contributed by atoms with Crippen LogP contribution in [0.4, 0.5) is 14.5 Å². The molecule has 2 N–H and O–H groups in total. The number of halogens is 2. The van der Waals surface area contributed by atoms with Gasteiger partial charge in [0.05, 0.1) is 12.1 Å². The number of anilines is 1. The van der Waals surface area contributed by atoms with Gasteiger partial charge < -0.3 is 15.2 Å². The topological polar surface area (TPSA) is 88.5 Å². The highest BCUT2D eigenvalue weighted by Crippen LogP contribution is 2.39. The molecule has 2 aromatic carbocycles. The zero-order chi connectivity index (χ0) is 27.2. The van der Waals surface area contributed by atoms with Crippen molar-refractivity contribution in [3.05, 3.63) is 83.2 Å². The summed E-state index contributed by atoms with van der Waals surface area (Å²) < 4.78 is 29.7. The van der Waals surface area contributed by atoms with Crippen LogP contribution >= 0.6 is 0 Å². The van der Waals surface area contributed by atoms with E-state index in [1.54, 1.807) is 18.3 Å². The lowest BCUT2D eigenvalue weighted by atomic mass is 9.83. The first-order valence-electron chi connectivity index (χ1n) is 12.5. The quantitative estimate of drug-likeness (QED) is 0.295. The van der Waals surface area contributed by atoms with E-state index in [2.05, 4.69) is 15.0 Å². The highest BCUT2D eigenvalue weighted by atomic mass is 19.3. The minimum atomic E-state index is -2.93. The van der Waals surface area contributed by atoms with Gasteiger partial charge in [0.25, 0.3) is 0 Å². The fourth-order valence-corrected chi connectivity index (χ4v) is 5.01. The molecule has 0 spiro atoms. The van der Waals surface area contributed by atoms with E-state index in [-0.39, 0.29) is 29.1 Å². The molecule has 0 radical (unpaired) electrons. The van der Waals surface area contributed by atoms with E-state index in [0.717, 1.165) is 47.9 Å². The summed E-state index contributed by atoms with van der Waals surface area (Å²) in [6.45, 7) is 0.461. The molecule has 1 heterocycles. The van der Waals surface area contributed by atoms with E-state index in [9.17, 15) is 23.5 Å². The number of carbonyl (C=O) groups is 2. The molecule has 8 heteroatoms. The van der Waals surface area contributed by atoms with Crippen molar-refractivity contribution >= 4 is 23.6 Å². The first-order chi connectivity index (χ1) is 18.2. The lowest BCUT2D eigenvalue weighted by Crippen LogP contribution is -2.27. The number of nitrogens with zero attached hydrogens (tertiary/aromatic N) is 1. The smallest absolute Gasteiger partial charge is 0.387 e. The van der Waals surface area contributed by atoms with Crippen molar-refractivity contribution in [1.29, 1.82) is 0 Å². The predicted octanol–water partition coefficient (Wildman–Crippen LogP) is 7.06. The van der Waals surface area contributed by atoms with Gasteiger partial charge in [0, 0.05) is 23.0 Å². The van der Waals surface area contributed by atoms with E-state index in [4.69, 9.17) is 0 Å². The van der Waals surface area contributed by atoms with Crippen LogP contribution < -0.4 is 10.1 Å². The standard InChI is InChI=1S/C30H30F2N2O4/c1-18(29(36)37)14-23-8-5-9-26(19(23)2)34-28(35)27(21-6-3-4-7-21)22-12-10-20(11-13-22)24-15-25(17-33-16-24)38-30(31)32/h5,8-17,21,27,30H,3-4,6-7H2,1-2H3,(H,34,35)(H,36,37)/b18-14+. The first-order valence-corrected chi connectivity index (χ1v) is 12.5. The van der Waals surface area contributed by atoms with E-state index in [1.165, 1.54) is 19.2 Å². The van der Waals surface area contributed by atoms with Crippen molar-refractivity contribution in [3.8, 4) is 16.9 Å². The van der Waals surface area contributed by atoms with Gasteiger partial charge in [0.2, 0.25) is 5.91 Å². The Morgan fingerprint density at radius 1 is 1.08 bits per heavy atom. The maximum Gasteiger partial charge on any atom is 0.387 e. The Kier molecular flexibility index (Phi) is 8.51. The van der Waals surface area contributed by atoms with Gasteiger partial charge in [-0.05, 0) is 73.1 Å². The summed E-state index contributed by atoms with van der Waals surface area (Å²) in [5.74, 6) is -1.29. The van der Waals surface area contributed by atoms with Crippen LogP contribution in [0.5, 0.6) is 5.75 Å². The average molecular weight is 521 g/mol. The number of benzene rings is 2. The van der Waals surface area contributed by atoms with E-state index in [0.29, 0.717) is 11.3 Å². The lowest BCUT2D eigenvalue weighted by Gasteiger charge is -2.24. The van der Waals surface area contributed by atoms with Gasteiger partial charge in [-0.3, -0.25) is 9.78 Å². The molecule has 1 aliphatic rings. The van der Waals surface area contributed by atoms with Crippen molar-refractivity contribution in [3.63, 3.8) is 0 Å². The van der Waals surface area contributed by atoms with Crippen molar-refractivity contribution in [1.82, 2.24) is 4.98 Å². The molecule has 1 saturated carbocycles. The maximum atomic E-state index is 13.7. The molecule has 38 heavy (non-hydrogen) atoms. The second kappa shape index (κ2) is 12.0. The average Bonchev–Trinajstić information content (AvgIpc) is 3.41. The summed E-state index contributed by atoms with van der Waals surface area (Å²) in [4.78, 5) is 28.9. The van der Waals surface area contributed by atoms with Crippen LogP contribution in [0.25, 0.3) is 17.2 Å². The Labute approximate surface area is 220 Å². The number of carboxylic acids is 1. The Bertz CT molecular complexity index is 1330. The number of carbonyl (C=O) groups excluding carboxylic acids is 1. The largest absolute Gasteiger partial charge is 0.478 e. The van der Waals surface area contributed by atoms with Gasteiger partial charge in [-0.1, -0.05) is 49.2 Å². The molecule has 1 atom stereocenters. The van der Waals surface area contributed by atoms with Gasteiger partial charge in [-0.15, -0.1) is 0 Å². The van der Waals surface area contributed by atoms with Crippen LogP contribution in [0.15, 0.2) is 66.5 Å². The molecule has 1 aliphatic carbocycles. The number of alkyl halides is 2. The van der Waals surface area contributed by atoms with E-state index < -0.39 is 12.6 Å². The summed E-state index contributed by atoms with van der Waals surface area (Å²) in [5.41, 5.74) is 4.66. The monoisotopic (exact) mass is 520 g/mol. The maximum absolute atomic E-state index is 13.7. The van der Waals surface area contributed by atoms with Crippen LogP contribution in [0, 0.1) is 12.8 Å². The number of nitrogens with one attached hydrogen (secondary N) is 1. The SMILES string of the molecule is C/C(=C\c1cccc(NC(=O)C(c2ccc(-c3cncc(OC(F)F)c3)cc2)C2CCCC2)c1C)C(=O)O. The Balaban J connectivity index is 1.59. The third kappa shape index (κ3) is 6.43. The normalized spacial score (nSPS) is 14.9. The molecule has 0 aliphatic heterocycles. The van der Waals surface area contributed by atoms with Gasteiger partial charge in [0.1, 0.15) is 5.75 Å². The van der Waals surface area contributed by atoms with Crippen molar-refractivity contribution in [2.24, 2.45) is 5.92 Å². The lowest BCUT2D eigenvalue weighted by molar-refractivity contribution is -0.132. The number of aromatic nitrogens is 1. The summed E-state index contributed by atoms with van der Waals surface area (Å²) >= 11 is 0. The zero-order valence-corrected chi connectivity index (χ0v) is 21.3. The Morgan fingerprint density at radius 3 is 2.45 bits per heavy atom. The van der Waals surface area contributed by atoms with E-state index in [1.807, 2.05) is 43.3 Å². The van der Waals surface area contributed by atoms with Crippen LogP contribution in [0.3, 0.4) is 0 Å². The molecule has 1 unspecified atom stereocenters. The second-order valence-corrected chi connectivity index (χ2v) is 9.57. The minimum Gasteiger partial charge on any atom is -0.478 e. The van der Waals surface area contributed by atoms with Crippen LogP contribution in [-0.4, -0.2) is 28.6 Å². The first kappa shape index (κ1) is 27.0. The van der Waals surface area contributed by atoms with Crippen LogP contribution in [0.2, 0.25) is 0 Å². The molecule has 1 aromatic heterocycles. The number of rotatable bonds is 9. The molecule has 0 bridgehead atoms. The fourth-order valence-electron chi connectivity index (χ4n) is 5.01. The third-order valence-corrected chi connectivity index (χ3v) is 7.04. The summed E-state index contributed by atoms with van der Waals surface area (Å²) in [6.07, 6.45) is 8.46. The van der Waals surface area contributed by atoms with E-state index >= 15 is 0 Å². The molecular weight excluding hydrogens is 490 g/mol. The van der Waals surface area contributed by atoms with Crippen molar-refractivity contribution in [2.75, 3.05) is 5.32 Å². The highest BCUT2D eigenvalue weighted by molar-refractivity contribution is 5.98. The molecule has 1 amide bonds. The van der Waals surface area contributed by atoms with Crippen molar-refractivity contribution in [2.45, 2.75) is 52.1 Å². The predicted molar refractivity (Wildman–Crippen MR) is 142 cm³/mol. The Hall–Kier alpha value is -4.07. The molecule has 3 aromatic rings. The van der Waals surface area contributed by atoms with Gasteiger partial charge in [-0.25, -0.2) is 4.79 Å². The molecule has 4 rings (SSSR count). The summed E-state index contributed by atoms with van der Waals surface area (Å²) in [5, 5.41) is 12.3. The molecule has 1 fully saturated rings. The summed E-state index contributed by atoms with van der Waals surface area (Å²) in [7, 11) is 0. The number of pyridine rings is 1. The fraction of sp³-hybridized carbons (Fsp3) is 0.300. The van der Waals surface area contributed by atoms with Gasteiger partial charge >= 0.3 is 12.6 Å². The number of aliphatic carboxylic acids is 1. The van der Waals surface area contributed by atoms with Gasteiger partial charge in [0.15, 0.2) is 0 Å². The number of hydrogen-bond donors (Lipinski definition) is 2. The number of hydrogen-bond acceptors (Lipinski definition) is 4. The van der Waals surface area contributed by atoms with Crippen LogP contribution in [0.1, 0.15) is 55.2 Å².